The number of rotatable bonds is 5. The number of H-pyrrole nitrogens is 1. The van der Waals surface area contributed by atoms with E-state index < -0.39 is 0 Å². The van der Waals surface area contributed by atoms with Gasteiger partial charge in [-0.15, -0.1) is 0 Å². The molecule has 1 fully saturated rings. The van der Waals surface area contributed by atoms with E-state index in [2.05, 4.69) is 44.1 Å². The third kappa shape index (κ3) is 3.87. The summed E-state index contributed by atoms with van der Waals surface area (Å²) in [5.41, 5.74) is 8.85. The van der Waals surface area contributed by atoms with Crippen molar-refractivity contribution in [2.75, 3.05) is 25.9 Å². The Morgan fingerprint density at radius 3 is 2.32 bits per heavy atom. The molecule has 0 unspecified atom stereocenters. The number of ether oxygens (including phenoxy) is 1. The number of anilines is 1. The normalized spacial score (nSPS) is 15.6. The van der Waals surface area contributed by atoms with Crippen molar-refractivity contribution in [2.45, 2.75) is 38.8 Å². The highest BCUT2D eigenvalue weighted by atomic mass is 16.5. The van der Waals surface area contributed by atoms with Crippen molar-refractivity contribution in [2.24, 2.45) is 0 Å². The summed E-state index contributed by atoms with van der Waals surface area (Å²) in [6, 6.07) is 8.57. The summed E-state index contributed by atoms with van der Waals surface area (Å²) >= 11 is 0. The first-order valence-electron chi connectivity index (χ1n) is 9.74. The summed E-state index contributed by atoms with van der Waals surface area (Å²) < 4.78 is 6.63. The van der Waals surface area contributed by atoms with Crippen LogP contribution in [0.1, 0.15) is 36.8 Å². The van der Waals surface area contributed by atoms with E-state index in [1.54, 1.807) is 4.57 Å². The van der Waals surface area contributed by atoms with E-state index in [0.717, 1.165) is 12.1 Å². The maximum atomic E-state index is 12.4. The van der Waals surface area contributed by atoms with Crippen LogP contribution in [-0.2, 0) is 13.1 Å². The number of hydrogen-bond acceptors (Lipinski definition) is 6. The molecule has 3 N–H and O–H groups in total. The van der Waals surface area contributed by atoms with Crippen LogP contribution in [-0.4, -0.2) is 44.6 Å². The van der Waals surface area contributed by atoms with Crippen LogP contribution < -0.4 is 16.2 Å². The molecule has 0 bridgehead atoms. The number of aromatic nitrogens is 4. The lowest BCUT2D eigenvalue weighted by atomic mass is 10.1. The molecule has 0 spiro atoms. The third-order valence-corrected chi connectivity index (χ3v) is 5.28. The Bertz CT molecular complexity index is 1000. The highest BCUT2D eigenvalue weighted by molar-refractivity contribution is 5.81. The summed E-state index contributed by atoms with van der Waals surface area (Å²) in [4.78, 5) is 26.0. The number of methoxy groups -OCH3 is 1. The van der Waals surface area contributed by atoms with E-state index in [0.29, 0.717) is 17.7 Å². The Morgan fingerprint density at radius 1 is 1.04 bits per heavy atom. The number of nitrogens with two attached hydrogens (primary N) is 1. The van der Waals surface area contributed by atoms with Crippen molar-refractivity contribution in [1.29, 1.82) is 0 Å². The lowest BCUT2D eigenvalue weighted by Gasteiger charge is -2.19. The summed E-state index contributed by atoms with van der Waals surface area (Å²) in [6.45, 7) is 3.74. The minimum Gasteiger partial charge on any atom is -0.467 e. The number of fused-ring (bicyclic) bond motifs is 1. The molecule has 1 aliphatic heterocycles. The Balaban J connectivity index is 1.53. The predicted molar refractivity (Wildman–Crippen MR) is 108 cm³/mol. The number of nitrogen functional groups attached to an aromatic ring is 1. The van der Waals surface area contributed by atoms with Gasteiger partial charge in [-0.05, 0) is 37.1 Å². The SMILES string of the molecule is COc1nc(N)c2[nH]c(=O)n(Cc3ccc(CN4CCCCCC4)cc3)c2n1. The van der Waals surface area contributed by atoms with Crippen molar-refractivity contribution in [1.82, 2.24) is 24.4 Å². The van der Waals surface area contributed by atoms with Gasteiger partial charge in [0.25, 0.3) is 0 Å². The standard InChI is InChI=1S/C20H26N6O2/c1-28-19-23-17(21)16-18(24-19)26(20(27)22-16)13-15-8-6-14(7-9-15)12-25-10-4-2-3-5-11-25/h6-9H,2-5,10-13H2,1H3,(H,22,27)(H2,21,23,24). The van der Waals surface area contributed by atoms with Gasteiger partial charge in [0.1, 0.15) is 5.52 Å². The zero-order valence-corrected chi connectivity index (χ0v) is 16.1. The van der Waals surface area contributed by atoms with E-state index >= 15 is 0 Å². The van der Waals surface area contributed by atoms with Crippen LogP contribution in [0, 0.1) is 0 Å². The second-order valence-corrected chi connectivity index (χ2v) is 7.32. The molecule has 1 aliphatic rings. The fourth-order valence-electron chi connectivity index (χ4n) is 3.75. The van der Waals surface area contributed by atoms with Crippen molar-refractivity contribution < 1.29 is 4.74 Å². The van der Waals surface area contributed by atoms with Crippen molar-refractivity contribution in [3.63, 3.8) is 0 Å². The lowest BCUT2D eigenvalue weighted by molar-refractivity contribution is 0.277. The quantitative estimate of drug-likeness (QED) is 0.701. The van der Waals surface area contributed by atoms with Crippen molar-refractivity contribution in [3.8, 4) is 6.01 Å². The minimum atomic E-state index is -0.266. The molecule has 0 saturated carbocycles. The number of nitrogens with one attached hydrogen (secondary N) is 1. The van der Waals surface area contributed by atoms with Gasteiger partial charge in [-0.2, -0.15) is 9.97 Å². The van der Waals surface area contributed by atoms with E-state index in [-0.39, 0.29) is 17.5 Å². The summed E-state index contributed by atoms with van der Waals surface area (Å²) in [5, 5.41) is 0. The molecule has 2 aromatic heterocycles. The van der Waals surface area contributed by atoms with Gasteiger partial charge >= 0.3 is 11.7 Å². The van der Waals surface area contributed by atoms with E-state index in [4.69, 9.17) is 10.5 Å². The van der Waals surface area contributed by atoms with E-state index in [9.17, 15) is 4.79 Å². The first-order chi connectivity index (χ1) is 13.6. The van der Waals surface area contributed by atoms with Gasteiger partial charge in [0.15, 0.2) is 11.5 Å². The molecule has 3 aromatic rings. The summed E-state index contributed by atoms with van der Waals surface area (Å²) in [5.74, 6) is 0.200. The smallest absolute Gasteiger partial charge is 0.328 e. The molecule has 0 amide bonds. The number of imidazole rings is 1. The second-order valence-electron chi connectivity index (χ2n) is 7.32. The molecular formula is C20H26N6O2. The fraction of sp³-hybridized carbons (Fsp3) is 0.450. The first-order valence-corrected chi connectivity index (χ1v) is 9.74. The van der Waals surface area contributed by atoms with E-state index in [1.165, 1.54) is 51.4 Å². The molecule has 1 aromatic carbocycles. The molecule has 4 rings (SSSR count). The number of nitrogens with zero attached hydrogens (tertiary/aromatic N) is 4. The van der Waals surface area contributed by atoms with Gasteiger partial charge in [0, 0.05) is 6.54 Å². The Kier molecular flexibility index (Phi) is 5.29. The molecule has 8 nitrogen and oxygen atoms in total. The van der Waals surface area contributed by atoms with Crippen LogP contribution in [0.4, 0.5) is 5.82 Å². The van der Waals surface area contributed by atoms with Gasteiger partial charge in [0.05, 0.1) is 13.7 Å². The number of benzene rings is 1. The Morgan fingerprint density at radius 2 is 1.68 bits per heavy atom. The fourth-order valence-corrected chi connectivity index (χ4v) is 3.75. The van der Waals surface area contributed by atoms with Gasteiger partial charge in [-0.1, -0.05) is 37.1 Å². The monoisotopic (exact) mass is 382 g/mol. The van der Waals surface area contributed by atoms with Gasteiger partial charge in [0.2, 0.25) is 0 Å². The van der Waals surface area contributed by atoms with Crippen molar-refractivity contribution >= 4 is 17.0 Å². The lowest BCUT2D eigenvalue weighted by Crippen LogP contribution is -2.24. The summed E-state index contributed by atoms with van der Waals surface area (Å²) in [6.07, 6.45) is 5.26. The molecule has 8 heteroatoms. The van der Waals surface area contributed by atoms with Gasteiger partial charge < -0.3 is 15.5 Å². The average molecular weight is 382 g/mol. The van der Waals surface area contributed by atoms with Crippen LogP contribution in [0.5, 0.6) is 6.01 Å². The maximum absolute atomic E-state index is 12.4. The van der Waals surface area contributed by atoms with Gasteiger partial charge in [-0.25, -0.2) is 4.79 Å². The largest absolute Gasteiger partial charge is 0.467 e. The van der Waals surface area contributed by atoms with Crippen LogP contribution in [0.15, 0.2) is 29.1 Å². The minimum absolute atomic E-state index is 0.144. The zero-order valence-electron chi connectivity index (χ0n) is 16.1. The topological polar surface area (TPSA) is 102 Å². The molecule has 1 saturated heterocycles. The van der Waals surface area contributed by atoms with E-state index in [1.807, 2.05) is 0 Å². The second kappa shape index (κ2) is 8.02. The van der Waals surface area contributed by atoms with Crippen LogP contribution in [0.2, 0.25) is 0 Å². The molecule has 0 aliphatic carbocycles. The molecular weight excluding hydrogens is 356 g/mol. The zero-order chi connectivity index (χ0) is 19.5. The first kappa shape index (κ1) is 18.5. The highest BCUT2D eigenvalue weighted by Crippen LogP contribution is 2.19. The van der Waals surface area contributed by atoms with Crippen molar-refractivity contribution in [3.05, 3.63) is 45.9 Å². The molecule has 28 heavy (non-hydrogen) atoms. The Hall–Kier alpha value is -2.87. The highest BCUT2D eigenvalue weighted by Gasteiger charge is 2.15. The predicted octanol–water partition coefficient (Wildman–Crippen LogP) is 2.13. The number of likely N-dealkylation sites (tertiary alicyclic amines) is 1. The molecule has 3 heterocycles. The van der Waals surface area contributed by atoms with Crippen LogP contribution in [0.25, 0.3) is 11.2 Å². The maximum Gasteiger partial charge on any atom is 0.328 e. The Labute approximate surface area is 163 Å². The number of hydrogen-bond donors (Lipinski definition) is 2. The molecule has 148 valence electrons. The third-order valence-electron chi connectivity index (χ3n) is 5.28. The average Bonchev–Trinajstić information content (AvgIpc) is 2.86. The molecule has 0 radical (unpaired) electrons. The number of aromatic amines is 1. The van der Waals surface area contributed by atoms with Crippen LogP contribution in [0.3, 0.4) is 0 Å². The van der Waals surface area contributed by atoms with Crippen LogP contribution >= 0.6 is 0 Å². The van der Waals surface area contributed by atoms with Gasteiger partial charge in [-0.3, -0.25) is 9.47 Å². The summed E-state index contributed by atoms with van der Waals surface area (Å²) in [7, 11) is 1.47. The molecule has 0 atom stereocenters.